The van der Waals surface area contributed by atoms with E-state index in [4.69, 9.17) is 23.2 Å². The fourth-order valence-corrected chi connectivity index (χ4v) is 5.02. The molecule has 8 heteroatoms. The van der Waals surface area contributed by atoms with Crippen LogP contribution in [0.4, 0.5) is 5.69 Å². The van der Waals surface area contributed by atoms with E-state index in [1.807, 2.05) is 79.7 Å². The van der Waals surface area contributed by atoms with Gasteiger partial charge in [0.15, 0.2) is 0 Å². The molecule has 0 aliphatic heterocycles. The van der Waals surface area contributed by atoms with Gasteiger partial charge in [-0.05, 0) is 59.5 Å². The van der Waals surface area contributed by atoms with Crippen molar-refractivity contribution in [1.29, 1.82) is 5.26 Å². The average molecular weight is 586 g/mol. The lowest BCUT2D eigenvalue weighted by Gasteiger charge is -2.29. The number of carbonyl (C=O) groups is 2. The van der Waals surface area contributed by atoms with Crippen LogP contribution in [0.25, 0.3) is 11.1 Å². The van der Waals surface area contributed by atoms with E-state index in [0.29, 0.717) is 34.4 Å². The quantitative estimate of drug-likeness (QED) is 0.182. The lowest BCUT2D eigenvalue weighted by molar-refractivity contribution is -0.136. The number of hydrogen-bond acceptors (Lipinski definition) is 4. The van der Waals surface area contributed by atoms with E-state index in [1.165, 1.54) is 0 Å². The second kappa shape index (κ2) is 14.5. The highest BCUT2D eigenvalue weighted by molar-refractivity contribution is 6.35. The zero-order chi connectivity index (χ0) is 29.2. The third-order valence-corrected chi connectivity index (χ3v) is 7.09. The molecule has 0 unspecified atom stereocenters. The minimum atomic E-state index is -0.371. The van der Waals surface area contributed by atoms with Gasteiger partial charge in [0.25, 0.3) is 0 Å². The van der Waals surface area contributed by atoms with Crippen LogP contribution in [0.5, 0.6) is 0 Å². The number of halogens is 2. The van der Waals surface area contributed by atoms with Gasteiger partial charge in [0.2, 0.25) is 11.8 Å². The zero-order valence-corrected chi connectivity index (χ0v) is 24.1. The minimum Gasteiger partial charge on any atom is -0.327 e. The summed E-state index contributed by atoms with van der Waals surface area (Å²) in [6, 6.07) is 31.8. The Hall–Kier alpha value is -4.15. The van der Waals surface area contributed by atoms with Gasteiger partial charge in [-0.15, -0.1) is 0 Å². The summed E-state index contributed by atoms with van der Waals surface area (Å²) in [5.74, 6) is -0.506. The van der Waals surface area contributed by atoms with Crippen LogP contribution >= 0.6 is 23.2 Å². The molecule has 2 N–H and O–H groups in total. The number of nitrogens with one attached hydrogen (secondary N) is 2. The van der Waals surface area contributed by atoms with Crippen LogP contribution in [0.15, 0.2) is 97.1 Å². The lowest BCUT2D eigenvalue weighted by atomic mass is 9.99. The van der Waals surface area contributed by atoms with Crippen molar-refractivity contribution in [3.63, 3.8) is 0 Å². The van der Waals surface area contributed by atoms with Crippen LogP contribution < -0.4 is 10.6 Å². The molecule has 0 heterocycles. The first-order valence-electron chi connectivity index (χ1n) is 13.2. The van der Waals surface area contributed by atoms with Crippen LogP contribution in [0.3, 0.4) is 0 Å². The Morgan fingerprint density at radius 2 is 1.59 bits per heavy atom. The van der Waals surface area contributed by atoms with Crippen molar-refractivity contribution in [3.8, 4) is 17.2 Å². The van der Waals surface area contributed by atoms with Crippen molar-refractivity contribution in [2.24, 2.45) is 0 Å². The van der Waals surface area contributed by atoms with Crippen LogP contribution in [0, 0.1) is 11.3 Å². The molecule has 0 aromatic heterocycles. The summed E-state index contributed by atoms with van der Waals surface area (Å²) in [6.45, 7) is 2.88. The van der Waals surface area contributed by atoms with Gasteiger partial charge in [0.05, 0.1) is 17.7 Å². The molecule has 0 bridgehead atoms. The molecule has 4 aromatic rings. The van der Waals surface area contributed by atoms with Crippen molar-refractivity contribution in [2.45, 2.75) is 25.9 Å². The average Bonchev–Trinajstić information content (AvgIpc) is 2.98. The Morgan fingerprint density at radius 1 is 0.878 bits per heavy atom. The monoisotopic (exact) mass is 584 g/mol. The van der Waals surface area contributed by atoms with E-state index in [2.05, 4.69) is 16.7 Å². The highest BCUT2D eigenvalue weighted by atomic mass is 35.5. The van der Waals surface area contributed by atoms with E-state index in [-0.39, 0.29) is 30.8 Å². The molecule has 0 aliphatic carbocycles. The standard InChI is InChI=1S/C33H30Cl2N4O2/c1-23(26-10-12-27(13-11-26)28-9-5-8-25(16-28)20-36)39(22-32(40)38-31-18-29(34)17-30(35)19-31)33(41)14-15-37-21-24-6-3-2-4-7-24/h2-13,16-19,23,37H,14-15,21-22H2,1H3,(H,38,40)/t23-/m0/s1. The first-order valence-corrected chi connectivity index (χ1v) is 14.0. The van der Waals surface area contributed by atoms with E-state index in [9.17, 15) is 14.9 Å². The van der Waals surface area contributed by atoms with Crippen LogP contribution in [0.1, 0.15) is 36.1 Å². The van der Waals surface area contributed by atoms with E-state index >= 15 is 0 Å². The Morgan fingerprint density at radius 3 is 2.27 bits per heavy atom. The first kappa shape index (κ1) is 29.8. The molecule has 208 valence electrons. The van der Waals surface area contributed by atoms with Gasteiger partial charge < -0.3 is 15.5 Å². The van der Waals surface area contributed by atoms with Gasteiger partial charge in [0, 0.05) is 35.2 Å². The number of rotatable bonds is 11. The maximum Gasteiger partial charge on any atom is 0.244 e. The predicted octanol–water partition coefficient (Wildman–Crippen LogP) is 7.24. The first-order chi connectivity index (χ1) is 19.8. The molecule has 0 radical (unpaired) electrons. The SMILES string of the molecule is C[C@@H](c1ccc(-c2cccc(C#N)c2)cc1)N(CC(=O)Nc1cc(Cl)cc(Cl)c1)C(=O)CCNCc1ccccc1. The summed E-state index contributed by atoms with van der Waals surface area (Å²) in [6.07, 6.45) is 0.229. The third-order valence-electron chi connectivity index (χ3n) is 6.65. The lowest BCUT2D eigenvalue weighted by Crippen LogP contribution is -2.40. The molecule has 0 aliphatic rings. The Bertz CT molecular complexity index is 1520. The molecular weight excluding hydrogens is 555 g/mol. The minimum absolute atomic E-state index is 0.144. The molecule has 6 nitrogen and oxygen atoms in total. The maximum atomic E-state index is 13.5. The van der Waals surface area contributed by atoms with Crippen molar-refractivity contribution < 1.29 is 9.59 Å². The van der Waals surface area contributed by atoms with Crippen molar-refractivity contribution in [1.82, 2.24) is 10.2 Å². The van der Waals surface area contributed by atoms with Crippen LogP contribution in [0.2, 0.25) is 10.0 Å². The van der Waals surface area contributed by atoms with Gasteiger partial charge >= 0.3 is 0 Å². The third kappa shape index (κ3) is 8.67. The van der Waals surface area contributed by atoms with Gasteiger partial charge in [-0.2, -0.15) is 5.26 Å². The Labute approximate surface area is 250 Å². The Kier molecular flexibility index (Phi) is 10.5. The molecule has 1 atom stereocenters. The number of hydrogen-bond donors (Lipinski definition) is 2. The molecule has 2 amide bonds. The second-order valence-electron chi connectivity index (χ2n) is 9.63. The highest BCUT2D eigenvalue weighted by Crippen LogP contribution is 2.27. The number of carbonyl (C=O) groups excluding carboxylic acids is 2. The summed E-state index contributed by atoms with van der Waals surface area (Å²) in [5, 5.41) is 16.1. The summed E-state index contributed by atoms with van der Waals surface area (Å²) in [7, 11) is 0. The fraction of sp³-hybridized carbons (Fsp3) is 0.182. The van der Waals surface area contributed by atoms with E-state index in [1.54, 1.807) is 29.2 Å². The van der Waals surface area contributed by atoms with E-state index < -0.39 is 0 Å². The maximum absolute atomic E-state index is 13.5. The molecule has 0 saturated carbocycles. The molecular formula is C33H30Cl2N4O2. The topological polar surface area (TPSA) is 85.2 Å². The number of nitrogens with zero attached hydrogens (tertiary/aromatic N) is 2. The van der Waals surface area contributed by atoms with Crippen molar-refractivity contribution in [3.05, 3.63) is 124 Å². The number of nitriles is 1. The Balaban J connectivity index is 1.48. The molecule has 0 fully saturated rings. The molecule has 0 saturated heterocycles. The van der Waals surface area contributed by atoms with Crippen LogP contribution in [-0.4, -0.2) is 29.8 Å². The normalized spacial score (nSPS) is 11.4. The number of benzene rings is 4. The largest absolute Gasteiger partial charge is 0.327 e. The van der Waals surface area contributed by atoms with Gasteiger partial charge in [-0.25, -0.2) is 0 Å². The van der Waals surface area contributed by atoms with Crippen molar-refractivity contribution in [2.75, 3.05) is 18.4 Å². The molecule has 4 rings (SSSR count). The van der Waals surface area contributed by atoms with Gasteiger partial charge in [-0.3, -0.25) is 9.59 Å². The number of amides is 2. The second-order valence-corrected chi connectivity index (χ2v) is 10.5. The fourth-order valence-electron chi connectivity index (χ4n) is 4.49. The molecule has 0 spiro atoms. The summed E-state index contributed by atoms with van der Waals surface area (Å²) in [4.78, 5) is 28.1. The number of anilines is 1. The van der Waals surface area contributed by atoms with Gasteiger partial charge in [0.1, 0.15) is 6.54 Å². The smallest absolute Gasteiger partial charge is 0.244 e. The summed E-state index contributed by atoms with van der Waals surface area (Å²) < 4.78 is 0. The highest BCUT2D eigenvalue weighted by Gasteiger charge is 2.24. The summed E-state index contributed by atoms with van der Waals surface area (Å²) >= 11 is 12.2. The zero-order valence-electron chi connectivity index (χ0n) is 22.6. The van der Waals surface area contributed by atoms with E-state index in [0.717, 1.165) is 22.3 Å². The van der Waals surface area contributed by atoms with Crippen molar-refractivity contribution >= 4 is 40.7 Å². The van der Waals surface area contributed by atoms with Gasteiger partial charge in [-0.1, -0.05) is 89.9 Å². The predicted molar refractivity (Wildman–Crippen MR) is 165 cm³/mol. The molecule has 4 aromatic carbocycles. The molecule has 41 heavy (non-hydrogen) atoms. The summed E-state index contributed by atoms with van der Waals surface area (Å²) in [5.41, 5.74) is 4.95. The van der Waals surface area contributed by atoms with Crippen LogP contribution in [-0.2, 0) is 16.1 Å².